The van der Waals surface area contributed by atoms with Gasteiger partial charge in [-0.15, -0.1) is 0 Å². The van der Waals surface area contributed by atoms with Gasteiger partial charge in [-0.2, -0.15) is 0 Å². The van der Waals surface area contributed by atoms with Crippen molar-refractivity contribution in [3.63, 3.8) is 0 Å². The largest absolute Gasteiger partial charge is 0.459 e. The SMILES string of the molecule is CO[C@H]1CC[C@@]2(C)[C@@H](CC[C@@H]3[C@@H]2CC[C@]2(C)[C@@H](C4=CC(=O)OC4)[C@@H](OC(C)=O)[C@H]4O[C@]342)C1. The molecule has 0 unspecified atom stereocenters. The summed E-state index contributed by atoms with van der Waals surface area (Å²) < 4.78 is 23.6. The van der Waals surface area contributed by atoms with Gasteiger partial charge in [0.2, 0.25) is 0 Å². The zero-order chi connectivity index (χ0) is 22.5. The molecule has 6 rings (SSSR count). The molecule has 6 aliphatic rings. The Hall–Kier alpha value is -1.40. The number of epoxide rings is 1. The molecule has 10 atom stereocenters. The molecule has 0 N–H and O–H groups in total. The average molecular weight is 445 g/mol. The van der Waals surface area contributed by atoms with E-state index in [1.165, 1.54) is 39.0 Å². The van der Waals surface area contributed by atoms with Crippen molar-refractivity contribution in [1.29, 1.82) is 0 Å². The number of hydrogen-bond acceptors (Lipinski definition) is 6. The van der Waals surface area contributed by atoms with Gasteiger partial charge in [-0.1, -0.05) is 13.8 Å². The highest BCUT2D eigenvalue weighted by Crippen LogP contribution is 2.77. The lowest BCUT2D eigenvalue weighted by molar-refractivity contribution is -0.163. The van der Waals surface area contributed by atoms with Gasteiger partial charge in [-0.3, -0.25) is 4.79 Å². The molecule has 0 aromatic rings. The molecule has 0 amide bonds. The lowest BCUT2D eigenvalue weighted by atomic mass is 9.44. The van der Waals surface area contributed by atoms with Crippen LogP contribution in [0.15, 0.2) is 11.6 Å². The van der Waals surface area contributed by atoms with Crippen molar-refractivity contribution in [1.82, 2.24) is 0 Å². The maximum Gasteiger partial charge on any atom is 0.331 e. The molecule has 4 aliphatic carbocycles. The minimum absolute atomic E-state index is 0.00712. The van der Waals surface area contributed by atoms with Crippen LogP contribution < -0.4 is 0 Å². The van der Waals surface area contributed by atoms with E-state index < -0.39 is 0 Å². The number of carbonyl (C=O) groups is 2. The number of cyclic esters (lactones) is 1. The summed E-state index contributed by atoms with van der Waals surface area (Å²) in [5, 5.41) is 0. The third-order valence-corrected chi connectivity index (χ3v) is 10.8. The molecular formula is C26H36O6. The van der Waals surface area contributed by atoms with Crippen LogP contribution in [0.4, 0.5) is 0 Å². The standard InChI is InChI=1S/C26H36O6/c1-14(27)31-22-21(15-11-20(28)30-13-15)25(3)10-8-18-19(26(25)23(22)32-26)6-5-16-12-17(29-4)7-9-24(16,18)2/h11,16-19,21-23H,5-10,12-13H2,1-4H3/t16-,17-,18-,19+,21-,22+,23+,24-,25+,26+/m0/s1. The van der Waals surface area contributed by atoms with Gasteiger partial charge >= 0.3 is 11.9 Å². The van der Waals surface area contributed by atoms with Crippen LogP contribution in [0.3, 0.4) is 0 Å². The predicted octanol–water partition coefficient (Wildman–Crippen LogP) is 3.82. The highest BCUT2D eigenvalue weighted by Gasteiger charge is 2.85. The van der Waals surface area contributed by atoms with Gasteiger partial charge in [-0.25, -0.2) is 4.79 Å². The van der Waals surface area contributed by atoms with Crippen LogP contribution >= 0.6 is 0 Å². The second-order valence-corrected chi connectivity index (χ2v) is 11.8. The highest BCUT2D eigenvalue weighted by atomic mass is 16.7. The van der Waals surface area contributed by atoms with Crippen LogP contribution in [-0.4, -0.2) is 49.6 Å². The zero-order valence-corrected chi connectivity index (χ0v) is 19.7. The molecule has 2 aliphatic heterocycles. The zero-order valence-electron chi connectivity index (χ0n) is 19.7. The number of rotatable bonds is 3. The van der Waals surface area contributed by atoms with Gasteiger partial charge in [0.1, 0.15) is 24.4 Å². The first-order chi connectivity index (χ1) is 15.2. The molecular weight excluding hydrogens is 408 g/mol. The Bertz CT molecular complexity index is 882. The van der Waals surface area contributed by atoms with Crippen molar-refractivity contribution in [3.8, 4) is 0 Å². The maximum absolute atomic E-state index is 12.1. The monoisotopic (exact) mass is 444 g/mol. The van der Waals surface area contributed by atoms with Crippen molar-refractivity contribution in [2.24, 2.45) is 34.5 Å². The van der Waals surface area contributed by atoms with E-state index in [4.69, 9.17) is 18.9 Å². The molecule has 0 radical (unpaired) electrons. The fourth-order valence-corrected chi connectivity index (χ4v) is 9.38. The molecule has 2 heterocycles. The minimum Gasteiger partial charge on any atom is -0.459 e. The molecule has 0 aromatic carbocycles. The first-order valence-electron chi connectivity index (χ1n) is 12.5. The summed E-state index contributed by atoms with van der Waals surface area (Å²) in [6.07, 6.45) is 9.79. The number of methoxy groups -OCH3 is 1. The molecule has 176 valence electrons. The molecule has 0 aromatic heterocycles. The van der Waals surface area contributed by atoms with Crippen molar-refractivity contribution in [2.45, 2.75) is 89.6 Å². The van der Waals surface area contributed by atoms with Crippen molar-refractivity contribution in [3.05, 3.63) is 11.6 Å². The molecule has 1 spiro atoms. The first kappa shape index (κ1) is 21.2. The van der Waals surface area contributed by atoms with E-state index >= 15 is 0 Å². The lowest BCUT2D eigenvalue weighted by Crippen LogP contribution is -2.58. The Morgan fingerprint density at radius 1 is 1.12 bits per heavy atom. The van der Waals surface area contributed by atoms with Gasteiger partial charge < -0.3 is 18.9 Å². The minimum atomic E-state index is -0.327. The Balaban J connectivity index is 1.37. The predicted molar refractivity (Wildman–Crippen MR) is 115 cm³/mol. The van der Waals surface area contributed by atoms with Crippen LogP contribution in [0.2, 0.25) is 0 Å². The van der Waals surface area contributed by atoms with Gasteiger partial charge in [0.05, 0.1) is 6.10 Å². The van der Waals surface area contributed by atoms with Crippen LogP contribution in [0.5, 0.6) is 0 Å². The van der Waals surface area contributed by atoms with Crippen LogP contribution in [0.25, 0.3) is 0 Å². The summed E-state index contributed by atoms with van der Waals surface area (Å²) in [6, 6.07) is 0. The van der Waals surface area contributed by atoms with Gasteiger partial charge in [0.25, 0.3) is 0 Å². The molecule has 0 bridgehead atoms. The number of hydrogen-bond donors (Lipinski definition) is 0. The summed E-state index contributed by atoms with van der Waals surface area (Å²) >= 11 is 0. The summed E-state index contributed by atoms with van der Waals surface area (Å²) in [4.78, 5) is 24.0. The normalized spacial score (nSPS) is 53.3. The fourth-order valence-electron chi connectivity index (χ4n) is 9.38. The number of ether oxygens (including phenoxy) is 4. The van der Waals surface area contributed by atoms with Crippen LogP contribution in [0, 0.1) is 34.5 Å². The van der Waals surface area contributed by atoms with E-state index in [1.807, 2.05) is 7.11 Å². The summed E-state index contributed by atoms with van der Waals surface area (Å²) in [6.45, 7) is 6.65. The number of esters is 2. The van der Waals surface area contributed by atoms with Crippen LogP contribution in [0.1, 0.15) is 65.7 Å². The van der Waals surface area contributed by atoms with Gasteiger partial charge in [-0.05, 0) is 73.7 Å². The van der Waals surface area contributed by atoms with Gasteiger partial charge in [0.15, 0.2) is 0 Å². The van der Waals surface area contributed by atoms with E-state index in [9.17, 15) is 9.59 Å². The van der Waals surface area contributed by atoms with Crippen molar-refractivity contribution < 1.29 is 28.5 Å². The first-order valence-corrected chi connectivity index (χ1v) is 12.5. The van der Waals surface area contributed by atoms with Crippen molar-refractivity contribution >= 4 is 11.9 Å². The van der Waals surface area contributed by atoms with E-state index in [1.54, 1.807) is 6.08 Å². The summed E-state index contributed by atoms with van der Waals surface area (Å²) in [5.74, 6) is 1.26. The third kappa shape index (κ3) is 2.54. The highest BCUT2D eigenvalue weighted by molar-refractivity contribution is 5.85. The lowest BCUT2D eigenvalue weighted by Gasteiger charge is -2.61. The smallest absolute Gasteiger partial charge is 0.331 e. The van der Waals surface area contributed by atoms with Crippen LogP contribution in [-0.2, 0) is 28.5 Å². The van der Waals surface area contributed by atoms with Gasteiger partial charge in [0, 0.05) is 31.4 Å². The van der Waals surface area contributed by atoms with E-state index in [-0.39, 0.29) is 41.1 Å². The quantitative estimate of drug-likeness (QED) is 0.487. The summed E-state index contributed by atoms with van der Waals surface area (Å²) in [5.41, 5.74) is 0.911. The van der Waals surface area contributed by atoms with E-state index in [0.717, 1.165) is 18.4 Å². The molecule has 1 saturated heterocycles. The molecule has 6 heteroatoms. The van der Waals surface area contributed by atoms with E-state index in [0.29, 0.717) is 35.9 Å². The topological polar surface area (TPSA) is 74.4 Å². The molecule has 6 nitrogen and oxygen atoms in total. The fraction of sp³-hybridized carbons (Fsp3) is 0.846. The molecule has 32 heavy (non-hydrogen) atoms. The third-order valence-electron chi connectivity index (χ3n) is 10.8. The second-order valence-electron chi connectivity index (χ2n) is 11.8. The summed E-state index contributed by atoms with van der Waals surface area (Å²) in [7, 11) is 1.85. The Morgan fingerprint density at radius 3 is 2.62 bits per heavy atom. The molecule has 5 fully saturated rings. The second kappa shape index (κ2) is 6.82. The number of fused-ring (bicyclic) bond motifs is 3. The maximum atomic E-state index is 12.1. The Morgan fingerprint density at radius 2 is 1.94 bits per heavy atom. The number of carbonyl (C=O) groups excluding carboxylic acids is 2. The Labute approximate surface area is 190 Å². The van der Waals surface area contributed by atoms with Crippen molar-refractivity contribution in [2.75, 3.05) is 13.7 Å². The van der Waals surface area contributed by atoms with E-state index in [2.05, 4.69) is 13.8 Å². The molecule has 4 saturated carbocycles. The average Bonchev–Trinajstić information content (AvgIpc) is 3.29. The Kier molecular flexibility index (Phi) is 4.51.